The topological polar surface area (TPSA) is 26.3 Å². The molecule has 1 fully saturated rings. The summed E-state index contributed by atoms with van der Waals surface area (Å²) >= 11 is 0. The van der Waals surface area contributed by atoms with Gasteiger partial charge in [0.25, 0.3) is 0 Å². The van der Waals surface area contributed by atoms with E-state index in [0.29, 0.717) is 6.61 Å². The van der Waals surface area contributed by atoms with Gasteiger partial charge in [-0.2, -0.15) is 0 Å². The molecule has 0 aromatic rings. The summed E-state index contributed by atoms with van der Waals surface area (Å²) in [6.07, 6.45) is 16.7. The molecule has 0 amide bonds. The molecule has 1 unspecified atom stereocenters. The van der Waals surface area contributed by atoms with Crippen LogP contribution in [-0.2, 0) is 9.53 Å². The predicted molar refractivity (Wildman–Crippen MR) is 89.3 cm³/mol. The van der Waals surface area contributed by atoms with Crippen LogP contribution in [0.4, 0.5) is 0 Å². The fraction of sp³-hybridized carbons (Fsp3) is 0.947. The predicted octanol–water partition coefficient (Wildman–Crippen LogP) is 5.89. The van der Waals surface area contributed by atoms with E-state index in [0.717, 1.165) is 18.8 Å². The Balaban J connectivity index is 2.21. The molecule has 0 radical (unpaired) electrons. The van der Waals surface area contributed by atoms with Gasteiger partial charge in [0.2, 0.25) is 0 Å². The lowest BCUT2D eigenvalue weighted by molar-refractivity contribution is -0.148. The van der Waals surface area contributed by atoms with Crippen molar-refractivity contribution in [3.8, 4) is 0 Å². The number of hydrogen-bond acceptors (Lipinski definition) is 2. The maximum atomic E-state index is 12.1. The Hall–Kier alpha value is -0.530. The Kier molecular flexibility index (Phi) is 10.6. The van der Waals surface area contributed by atoms with Gasteiger partial charge in [-0.3, -0.25) is 4.79 Å². The minimum atomic E-state index is 0.0593. The number of ether oxygens (including phenoxy) is 1. The van der Waals surface area contributed by atoms with Crippen LogP contribution in [0.5, 0.6) is 0 Å². The van der Waals surface area contributed by atoms with E-state index < -0.39 is 0 Å². The summed E-state index contributed by atoms with van der Waals surface area (Å²) in [6, 6.07) is 0. The molecule has 124 valence electrons. The van der Waals surface area contributed by atoms with E-state index in [2.05, 4.69) is 6.92 Å². The van der Waals surface area contributed by atoms with Crippen LogP contribution in [0.25, 0.3) is 0 Å². The average Bonchev–Trinajstić information content (AvgIpc) is 2.99. The lowest BCUT2D eigenvalue weighted by Crippen LogP contribution is -2.18. The van der Waals surface area contributed by atoms with E-state index in [1.54, 1.807) is 0 Å². The number of unbranched alkanes of at least 4 members (excludes halogenated alkanes) is 5. The number of esters is 1. The summed E-state index contributed by atoms with van der Waals surface area (Å²) in [4.78, 5) is 12.1. The van der Waals surface area contributed by atoms with E-state index in [1.165, 1.54) is 70.6 Å². The molecule has 2 heteroatoms. The molecule has 1 saturated carbocycles. The highest BCUT2D eigenvalue weighted by molar-refractivity contribution is 5.72. The van der Waals surface area contributed by atoms with Gasteiger partial charge < -0.3 is 4.74 Å². The Bertz CT molecular complexity index is 256. The first kappa shape index (κ1) is 18.5. The minimum absolute atomic E-state index is 0.0593. The molecule has 0 N–H and O–H groups in total. The maximum absolute atomic E-state index is 12.1. The summed E-state index contributed by atoms with van der Waals surface area (Å²) in [6.45, 7) is 4.69. The second kappa shape index (κ2) is 12.1. The average molecular weight is 296 g/mol. The lowest BCUT2D eigenvalue weighted by Gasteiger charge is -2.17. The Morgan fingerprint density at radius 3 is 2.33 bits per heavy atom. The van der Waals surface area contributed by atoms with E-state index in [9.17, 15) is 4.79 Å². The smallest absolute Gasteiger partial charge is 0.308 e. The number of carbonyl (C=O) groups is 1. The van der Waals surface area contributed by atoms with Crippen LogP contribution in [0, 0.1) is 11.8 Å². The Morgan fingerprint density at radius 1 is 1.00 bits per heavy atom. The molecule has 0 heterocycles. The highest BCUT2D eigenvalue weighted by atomic mass is 16.5. The van der Waals surface area contributed by atoms with Gasteiger partial charge in [-0.1, -0.05) is 71.1 Å². The zero-order chi connectivity index (χ0) is 15.3. The van der Waals surface area contributed by atoms with Crippen molar-refractivity contribution in [3.63, 3.8) is 0 Å². The molecule has 0 aliphatic heterocycles. The quantitative estimate of drug-likeness (QED) is 0.332. The van der Waals surface area contributed by atoms with Crippen molar-refractivity contribution in [2.75, 3.05) is 6.61 Å². The van der Waals surface area contributed by atoms with Gasteiger partial charge in [0.05, 0.1) is 12.5 Å². The molecule has 1 aliphatic rings. The van der Waals surface area contributed by atoms with Crippen molar-refractivity contribution in [1.29, 1.82) is 0 Å². The SMILES string of the molecule is CCCCCCCCC(CCC1CCCC1)C(=O)OCC. The van der Waals surface area contributed by atoms with Crippen molar-refractivity contribution in [2.24, 2.45) is 11.8 Å². The molecule has 1 atom stereocenters. The van der Waals surface area contributed by atoms with Gasteiger partial charge in [0.15, 0.2) is 0 Å². The van der Waals surface area contributed by atoms with Crippen molar-refractivity contribution >= 4 is 5.97 Å². The lowest BCUT2D eigenvalue weighted by atomic mass is 9.91. The van der Waals surface area contributed by atoms with Crippen molar-refractivity contribution in [2.45, 2.75) is 97.3 Å². The molecule has 0 spiro atoms. The third kappa shape index (κ3) is 8.48. The van der Waals surface area contributed by atoms with Gasteiger partial charge in [-0.25, -0.2) is 0 Å². The Morgan fingerprint density at radius 2 is 1.67 bits per heavy atom. The second-order valence-corrected chi connectivity index (χ2v) is 6.73. The number of hydrogen-bond donors (Lipinski definition) is 0. The van der Waals surface area contributed by atoms with Crippen LogP contribution in [-0.4, -0.2) is 12.6 Å². The van der Waals surface area contributed by atoms with Crippen LogP contribution in [0.1, 0.15) is 97.3 Å². The first-order chi connectivity index (χ1) is 10.3. The minimum Gasteiger partial charge on any atom is -0.466 e. The molecule has 0 aromatic carbocycles. The maximum Gasteiger partial charge on any atom is 0.308 e. The van der Waals surface area contributed by atoms with Crippen molar-refractivity contribution in [1.82, 2.24) is 0 Å². The van der Waals surface area contributed by atoms with E-state index in [1.807, 2.05) is 6.92 Å². The van der Waals surface area contributed by atoms with E-state index >= 15 is 0 Å². The summed E-state index contributed by atoms with van der Waals surface area (Å²) in [5.74, 6) is 1.10. The van der Waals surface area contributed by atoms with Gasteiger partial charge in [-0.05, 0) is 32.1 Å². The van der Waals surface area contributed by atoms with Gasteiger partial charge in [0.1, 0.15) is 0 Å². The summed E-state index contributed by atoms with van der Waals surface area (Å²) in [5, 5.41) is 0. The number of carbonyl (C=O) groups excluding carboxylic acids is 1. The van der Waals surface area contributed by atoms with Gasteiger partial charge in [0, 0.05) is 0 Å². The summed E-state index contributed by atoms with van der Waals surface area (Å²) < 4.78 is 5.28. The van der Waals surface area contributed by atoms with Gasteiger partial charge >= 0.3 is 5.97 Å². The molecule has 2 nitrogen and oxygen atoms in total. The fourth-order valence-corrected chi connectivity index (χ4v) is 3.55. The van der Waals surface area contributed by atoms with Crippen molar-refractivity contribution in [3.05, 3.63) is 0 Å². The van der Waals surface area contributed by atoms with E-state index in [-0.39, 0.29) is 11.9 Å². The highest BCUT2D eigenvalue weighted by Gasteiger charge is 2.22. The molecule has 21 heavy (non-hydrogen) atoms. The molecule has 1 rings (SSSR count). The van der Waals surface area contributed by atoms with E-state index in [4.69, 9.17) is 4.74 Å². The number of rotatable bonds is 12. The fourth-order valence-electron chi connectivity index (χ4n) is 3.55. The van der Waals surface area contributed by atoms with Crippen LogP contribution >= 0.6 is 0 Å². The van der Waals surface area contributed by atoms with Crippen LogP contribution in [0.3, 0.4) is 0 Å². The van der Waals surface area contributed by atoms with Crippen LogP contribution in [0.2, 0.25) is 0 Å². The molecule has 0 saturated heterocycles. The largest absolute Gasteiger partial charge is 0.466 e. The molecule has 0 aromatic heterocycles. The summed E-state index contributed by atoms with van der Waals surface area (Å²) in [5.41, 5.74) is 0. The molecular weight excluding hydrogens is 260 g/mol. The summed E-state index contributed by atoms with van der Waals surface area (Å²) in [7, 11) is 0. The monoisotopic (exact) mass is 296 g/mol. The molecule has 1 aliphatic carbocycles. The van der Waals surface area contributed by atoms with Gasteiger partial charge in [-0.15, -0.1) is 0 Å². The third-order valence-electron chi connectivity index (χ3n) is 4.92. The first-order valence-corrected chi connectivity index (χ1v) is 9.44. The standard InChI is InChI=1S/C19H36O2/c1-3-5-6-7-8-9-14-18(19(20)21-4-2)16-15-17-12-10-11-13-17/h17-18H,3-16H2,1-2H3. The first-order valence-electron chi connectivity index (χ1n) is 9.44. The zero-order valence-electron chi connectivity index (χ0n) is 14.4. The third-order valence-corrected chi connectivity index (χ3v) is 4.92. The molecule has 0 bridgehead atoms. The zero-order valence-corrected chi connectivity index (χ0v) is 14.4. The van der Waals surface area contributed by atoms with Crippen LogP contribution in [0.15, 0.2) is 0 Å². The Labute approximate surface area is 132 Å². The normalized spacial score (nSPS) is 17.0. The van der Waals surface area contributed by atoms with Crippen LogP contribution < -0.4 is 0 Å². The molecular formula is C19H36O2. The van der Waals surface area contributed by atoms with Crippen molar-refractivity contribution < 1.29 is 9.53 Å². The second-order valence-electron chi connectivity index (χ2n) is 6.73. The highest BCUT2D eigenvalue weighted by Crippen LogP contribution is 2.31.